The molecule has 0 amide bonds. The zero-order valence-electron chi connectivity index (χ0n) is 16.6. The number of nitrogen functional groups attached to an aromatic ring is 1. The molecule has 0 radical (unpaired) electrons. The van der Waals surface area contributed by atoms with Crippen molar-refractivity contribution in [2.45, 2.75) is 12.8 Å². The van der Waals surface area contributed by atoms with Gasteiger partial charge in [-0.15, -0.1) is 0 Å². The number of hydrogen-bond acceptors (Lipinski definition) is 6. The van der Waals surface area contributed by atoms with E-state index in [2.05, 4.69) is 21.8 Å². The summed E-state index contributed by atoms with van der Waals surface area (Å²) in [4.78, 5) is 19.8. The Morgan fingerprint density at radius 1 is 1.28 bits per heavy atom. The van der Waals surface area contributed by atoms with E-state index in [0.717, 1.165) is 6.07 Å². The number of nitro benzene ring substituents is 1. The molecule has 1 aliphatic rings. The fourth-order valence-electron chi connectivity index (χ4n) is 3.57. The van der Waals surface area contributed by atoms with Gasteiger partial charge in [0.05, 0.1) is 27.7 Å². The summed E-state index contributed by atoms with van der Waals surface area (Å²) in [5, 5.41) is 11.6. The van der Waals surface area contributed by atoms with Crippen molar-refractivity contribution in [1.82, 2.24) is 9.97 Å². The van der Waals surface area contributed by atoms with Crippen LogP contribution >= 0.6 is 11.6 Å². The fourth-order valence-corrected chi connectivity index (χ4v) is 3.74. The summed E-state index contributed by atoms with van der Waals surface area (Å²) in [7, 11) is 0. The Morgan fingerprint density at radius 3 is 2.75 bits per heavy atom. The minimum Gasteiger partial charge on any atom is -0.383 e. The largest absolute Gasteiger partial charge is 0.383 e. The number of rotatable bonds is 2. The molecule has 2 heterocycles. The highest BCUT2D eigenvalue weighted by molar-refractivity contribution is 6.31. The average molecular weight is 462 g/mol. The van der Waals surface area contributed by atoms with Crippen LogP contribution in [0.1, 0.15) is 12.5 Å². The van der Waals surface area contributed by atoms with Crippen molar-refractivity contribution in [3.63, 3.8) is 0 Å². The molecule has 1 aliphatic heterocycles. The number of halogens is 4. The number of nitrogens with two attached hydrogens (primary N) is 1. The van der Waals surface area contributed by atoms with Gasteiger partial charge in [0, 0.05) is 18.0 Å². The molecular formula is C21H15ClF3N5O2. The van der Waals surface area contributed by atoms with Crippen LogP contribution in [0.15, 0.2) is 36.7 Å². The molecule has 0 aliphatic carbocycles. The zero-order chi connectivity index (χ0) is 23.3. The number of benzene rings is 2. The first kappa shape index (κ1) is 21.6. The summed E-state index contributed by atoms with van der Waals surface area (Å²) in [6.07, 6.45) is 1.19. The van der Waals surface area contributed by atoms with E-state index >= 15 is 0 Å². The van der Waals surface area contributed by atoms with Crippen LogP contribution < -0.4 is 10.6 Å². The summed E-state index contributed by atoms with van der Waals surface area (Å²) in [6.45, 7) is 0.148. The van der Waals surface area contributed by atoms with Crippen molar-refractivity contribution < 1.29 is 18.1 Å². The van der Waals surface area contributed by atoms with Gasteiger partial charge in [0.2, 0.25) is 0 Å². The first-order valence-electron chi connectivity index (χ1n) is 9.31. The van der Waals surface area contributed by atoms with Gasteiger partial charge in [0.1, 0.15) is 23.1 Å². The zero-order valence-corrected chi connectivity index (χ0v) is 17.3. The Hall–Kier alpha value is -3.58. The number of hydrogen-bond donors (Lipinski definition) is 1. The predicted octanol–water partition coefficient (Wildman–Crippen LogP) is 4.43. The monoisotopic (exact) mass is 461 g/mol. The second-order valence-corrected chi connectivity index (χ2v) is 8.03. The number of anilines is 2. The minimum absolute atomic E-state index is 0.0473. The number of aromatic nitrogens is 2. The van der Waals surface area contributed by atoms with E-state index in [-0.39, 0.29) is 34.0 Å². The van der Waals surface area contributed by atoms with Crippen LogP contribution in [0.25, 0.3) is 10.9 Å². The number of nitro groups is 1. The lowest BCUT2D eigenvalue weighted by Crippen LogP contribution is -2.36. The maximum atomic E-state index is 15.0. The van der Waals surface area contributed by atoms with E-state index in [0.29, 0.717) is 5.52 Å². The van der Waals surface area contributed by atoms with Gasteiger partial charge in [-0.05, 0) is 25.1 Å². The van der Waals surface area contributed by atoms with E-state index in [1.54, 1.807) is 0 Å². The van der Waals surface area contributed by atoms with Gasteiger partial charge < -0.3 is 10.6 Å². The van der Waals surface area contributed by atoms with Crippen LogP contribution in [-0.4, -0.2) is 33.9 Å². The Balaban J connectivity index is 1.77. The van der Waals surface area contributed by atoms with E-state index in [1.165, 1.54) is 42.4 Å². The number of alkyl halides is 2. The molecule has 0 bridgehead atoms. The first-order valence-corrected chi connectivity index (χ1v) is 9.69. The van der Waals surface area contributed by atoms with Gasteiger partial charge >= 0.3 is 0 Å². The van der Waals surface area contributed by atoms with E-state index in [1.807, 2.05) is 0 Å². The van der Waals surface area contributed by atoms with Crippen LogP contribution in [-0.2, 0) is 0 Å². The van der Waals surface area contributed by atoms with Crippen LogP contribution in [0.4, 0.5) is 30.4 Å². The topological polar surface area (TPSA) is 98.2 Å². The van der Waals surface area contributed by atoms with Gasteiger partial charge in [-0.25, -0.2) is 23.1 Å². The first-order chi connectivity index (χ1) is 15.0. The number of fused-ring (bicyclic) bond motifs is 1. The molecule has 0 spiro atoms. The van der Waals surface area contributed by atoms with Crippen molar-refractivity contribution in [2.75, 3.05) is 23.7 Å². The third-order valence-corrected chi connectivity index (χ3v) is 5.72. The number of nitrogens with zero attached hydrogens (tertiary/aromatic N) is 4. The maximum Gasteiger partial charge on any atom is 0.285 e. The summed E-state index contributed by atoms with van der Waals surface area (Å²) in [5.41, 5.74) is 3.56. The van der Waals surface area contributed by atoms with E-state index in [4.69, 9.17) is 17.3 Å². The molecule has 1 unspecified atom stereocenters. The highest BCUT2D eigenvalue weighted by atomic mass is 35.5. The van der Waals surface area contributed by atoms with Crippen LogP contribution in [0.2, 0.25) is 5.02 Å². The van der Waals surface area contributed by atoms with Crippen LogP contribution in [0.5, 0.6) is 0 Å². The van der Waals surface area contributed by atoms with Gasteiger partial charge in [-0.1, -0.05) is 29.5 Å². The van der Waals surface area contributed by atoms with Crippen molar-refractivity contribution in [3.8, 4) is 11.8 Å². The molecular weight excluding hydrogens is 447 g/mol. The Kier molecular flexibility index (Phi) is 5.09. The third-order valence-electron chi connectivity index (χ3n) is 5.43. The molecule has 3 aromatic rings. The molecule has 32 heavy (non-hydrogen) atoms. The van der Waals surface area contributed by atoms with Crippen LogP contribution in [0.3, 0.4) is 0 Å². The minimum atomic E-state index is -3.33. The van der Waals surface area contributed by atoms with Gasteiger partial charge in [-0.2, -0.15) is 0 Å². The van der Waals surface area contributed by atoms with Crippen molar-refractivity contribution in [2.24, 2.45) is 5.41 Å². The van der Waals surface area contributed by atoms with Gasteiger partial charge in [0.25, 0.3) is 11.6 Å². The van der Waals surface area contributed by atoms with Crippen LogP contribution in [0, 0.1) is 33.2 Å². The molecule has 11 heteroatoms. The fraction of sp³-hybridized carbons (Fsp3) is 0.238. The lowest BCUT2D eigenvalue weighted by molar-refractivity contribution is -0.385. The standard InChI is InChI=1S/C21H15ClF3N5O2/c1-20(9-29(10-21(20,24)25)16-4-2-3-14(22)18(16)23)6-5-12-7-15-13(8-17(12)30(31)32)19(26)28-11-27-15/h2-4,7-8,11H,9-10H2,1H3,(H2,26,27,28). The SMILES string of the molecule is CC1(C#Cc2cc3ncnc(N)c3cc2[N+](=O)[O-])CN(c2cccc(Cl)c2F)CC1(F)F. The predicted molar refractivity (Wildman–Crippen MR) is 114 cm³/mol. The lowest BCUT2D eigenvalue weighted by atomic mass is 9.86. The molecule has 1 fully saturated rings. The molecule has 0 saturated carbocycles. The normalized spacial score (nSPS) is 19.6. The average Bonchev–Trinajstić information content (AvgIpc) is 2.97. The lowest BCUT2D eigenvalue weighted by Gasteiger charge is -2.23. The molecule has 4 rings (SSSR count). The quantitative estimate of drug-likeness (QED) is 0.344. The molecule has 1 saturated heterocycles. The maximum absolute atomic E-state index is 15.0. The molecule has 1 aromatic heterocycles. The highest BCUT2D eigenvalue weighted by Crippen LogP contribution is 2.45. The molecule has 2 aromatic carbocycles. The van der Waals surface area contributed by atoms with E-state index in [9.17, 15) is 23.3 Å². The second kappa shape index (κ2) is 7.53. The smallest absolute Gasteiger partial charge is 0.285 e. The van der Waals surface area contributed by atoms with E-state index < -0.39 is 34.3 Å². The Bertz CT molecular complexity index is 1320. The summed E-state index contributed by atoms with van der Waals surface area (Å²) in [6, 6.07) is 6.62. The Labute approximate surface area is 185 Å². The highest BCUT2D eigenvalue weighted by Gasteiger charge is 2.57. The van der Waals surface area contributed by atoms with Crippen molar-refractivity contribution in [1.29, 1.82) is 0 Å². The third kappa shape index (κ3) is 3.54. The molecule has 2 N–H and O–H groups in total. The summed E-state index contributed by atoms with van der Waals surface area (Å²) < 4.78 is 44.3. The second-order valence-electron chi connectivity index (χ2n) is 7.62. The Morgan fingerprint density at radius 2 is 2.03 bits per heavy atom. The molecule has 7 nitrogen and oxygen atoms in total. The summed E-state index contributed by atoms with van der Waals surface area (Å²) >= 11 is 5.78. The van der Waals surface area contributed by atoms with Gasteiger partial charge in [-0.3, -0.25) is 10.1 Å². The summed E-state index contributed by atoms with van der Waals surface area (Å²) in [5.74, 6) is 0.939. The van der Waals surface area contributed by atoms with Crippen molar-refractivity contribution >= 4 is 39.7 Å². The molecule has 164 valence electrons. The van der Waals surface area contributed by atoms with Crippen molar-refractivity contribution in [3.05, 3.63) is 63.2 Å². The van der Waals surface area contributed by atoms with Gasteiger partial charge in [0.15, 0.2) is 5.82 Å². The molecule has 1 atom stereocenters.